The molecule has 1 aliphatic heterocycles. The summed E-state index contributed by atoms with van der Waals surface area (Å²) in [6.45, 7) is 2.01. The highest BCUT2D eigenvalue weighted by Gasteiger charge is 2.25. The van der Waals surface area contributed by atoms with Crippen molar-refractivity contribution in [3.8, 4) is 0 Å². The molecule has 0 radical (unpaired) electrons. The van der Waals surface area contributed by atoms with Gasteiger partial charge in [-0.2, -0.15) is 0 Å². The van der Waals surface area contributed by atoms with Crippen molar-refractivity contribution in [3.63, 3.8) is 0 Å². The lowest BCUT2D eigenvalue weighted by Crippen LogP contribution is -2.07. The Labute approximate surface area is 119 Å². The van der Waals surface area contributed by atoms with Crippen LogP contribution in [0.15, 0.2) is 41.0 Å². The first-order valence-electron chi connectivity index (χ1n) is 7.32. The fourth-order valence-corrected chi connectivity index (χ4v) is 2.85. The topological polar surface area (TPSA) is 38.7 Å². The standard InChI is InChI=1S/C17H19NO2/c1-12-6-5-9-14(10-12)16-18-15(17(19)20-16)11-13-7-3-2-4-8-13/h5-6,9-11,13H,2-4,7-8H2,1H3/b15-11-. The minimum Gasteiger partial charge on any atom is -0.402 e. The second kappa shape index (κ2) is 5.61. The quantitative estimate of drug-likeness (QED) is 0.605. The van der Waals surface area contributed by atoms with Gasteiger partial charge in [0.15, 0.2) is 0 Å². The molecule has 1 heterocycles. The molecule has 1 aliphatic carbocycles. The first-order chi connectivity index (χ1) is 9.72. The summed E-state index contributed by atoms with van der Waals surface area (Å²) in [5, 5.41) is 0. The van der Waals surface area contributed by atoms with Crippen LogP contribution in [0, 0.1) is 12.8 Å². The van der Waals surface area contributed by atoms with Gasteiger partial charge in [0, 0.05) is 5.56 Å². The maximum Gasteiger partial charge on any atom is 0.363 e. The third-order valence-corrected chi connectivity index (χ3v) is 3.93. The number of hydrogen-bond acceptors (Lipinski definition) is 3. The van der Waals surface area contributed by atoms with E-state index in [9.17, 15) is 4.79 Å². The smallest absolute Gasteiger partial charge is 0.363 e. The van der Waals surface area contributed by atoms with Crippen LogP contribution in [-0.4, -0.2) is 11.9 Å². The van der Waals surface area contributed by atoms with Gasteiger partial charge in [-0.25, -0.2) is 9.79 Å². The van der Waals surface area contributed by atoms with E-state index in [-0.39, 0.29) is 5.97 Å². The number of aryl methyl sites for hydroxylation is 1. The number of esters is 1. The number of nitrogens with zero attached hydrogens (tertiary/aromatic N) is 1. The zero-order valence-electron chi connectivity index (χ0n) is 11.8. The van der Waals surface area contributed by atoms with Gasteiger partial charge < -0.3 is 4.74 Å². The Morgan fingerprint density at radius 3 is 2.80 bits per heavy atom. The van der Waals surface area contributed by atoms with Crippen molar-refractivity contribution in [2.75, 3.05) is 0 Å². The van der Waals surface area contributed by atoms with Crippen LogP contribution in [0.1, 0.15) is 43.2 Å². The van der Waals surface area contributed by atoms with Crippen LogP contribution < -0.4 is 0 Å². The maximum atomic E-state index is 11.9. The molecule has 2 aliphatic rings. The Hall–Kier alpha value is -1.90. The number of rotatable bonds is 2. The minimum atomic E-state index is -0.313. The SMILES string of the molecule is Cc1cccc(C2=N/C(=C\C3CCCCC3)C(=O)O2)c1. The maximum absolute atomic E-state index is 11.9. The molecule has 1 fully saturated rings. The fourth-order valence-electron chi connectivity index (χ4n) is 2.85. The molecule has 3 rings (SSSR count). The second-order valence-electron chi connectivity index (χ2n) is 5.63. The monoisotopic (exact) mass is 269 g/mol. The van der Waals surface area contributed by atoms with E-state index in [4.69, 9.17) is 4.74 Å². The molecule has 0 amide bonds. The highest BCUT2D eigenvalue weighted by Crippen LogP contribution is 2.27. The Morgan fingerprint density at radius 2 is 2.05 bits per heavy atom. The van der Waals surface area contributed by atoms with Crippen molar-refractivity contribution in [1.82, 2.24) is 0 Å². The summed E-state index contributed by atoms with van der Waals surface area (Å²) in [5.74, 6) is 0.597. The van der Waals surface area contributed by atoms with Gasteiger partial charge in [0.25, 0.3) is 0 Å². The first-order valence-corrected chi connectivity index (χ1v) is 7.32. The second-order valence-corrected chi connectivity index (χ2v) is 5.63. The summed E-state index contributed by atoms with van der Waals surface area (Å²) in [4.78, 5) is 16.3. The van der Waals surface area contributed by atoms with Crippen molar-refractivity contribution < 1.29 is 9.53 Å². The van der Waals surface area contributed by atoms with Gasteiger partial charge in [-0.15, -0.1) is 0 Å². The molecule has 0 aromatic heterocycles. The Bertz CT molecular complexity index is 580. The van der Waals surface area contributed by atoms with Crippen molar-refractivity contribution in [2.45, 2.75) is 39.0 Å². The average molecular weight is 269 g/mol. The molecule has 20 heavy (non-hydrogen) atoms. The van der Waals surface area contributed by atoms with Gasteiger partial charge >= 0.3 is 5.97 Å². The zero-order valence-corrected chi connectivity index (χ0v) is 11.8. The van der Waals surface area contributed by atoms with Crippen LogP contribution in [-0.2, 0) is 9.53 Å². The van der Waals surface area contributed by atoms with Crippen molar-refractivity contribution in [1.29, 1.82) is 0 Å². The van der Waals surface area contributed by atoms with E-state index < -0.39 is 0 Å². The van der Waals surface area contributed by atoms with Crippen LogP contribution in [0.3, 0.4) is 0 Å². The number of hydrogen-bond donors (Lipinski definition) is 0. The predicted octanol–water partition coefficient (Wildman–Crippen LogP) is 3.76. The van der Waals surface area contributed by atoms with Crippen molar-refractivity contribution in [2.24, 2.45) is 10.9 Å². The van der Waals surface area contributed by atoms with Crippen LogP contribution in [0.5, 0.6) is 0 Å². The van der Waals surface area contributed by atoms with E-state index in [0.717, 1.165) is 24.0 Å². The van der Waals surface area contributed by atoms with Crippen LogP contribution in [0.25, 0.3) is 0 Å². The Morgan fingerprint density at radius 1 is 1.25 bits per heavy atom. The first kappa shape index (κ1) is 13.1. The number of benzene rings is 1. The third-order valence-electron chi connectivity index (χ3n) is 3.93. The van der Waals surface area contributed by atoms with Crippen molar-refractivity contribution >= 4 is 11.9 Å². The third kappa shape index (κ3) is 2.82. The lowest BCUT2D eigenvalue weighted by Gasteiger charge is -2.17. The lowest BCUT2D eigenvalue weighted by atomic mass is 9.89. The van der Waals surface area contributed by atoms with E-state index in [2.05, 4.69) is 4.99 Å². The number of aliphatic imine (C=N–C) groups is 1. The Balaban J connectivity index is 1.83. The van der Waals surface area contributed by atoms with Crippen LogP contribution >= 0.6 is 0 Å². The van der Waals surface area contributed by atoms with Crippen LogP contribution in [0.4, 0.5) is 0 Å². The molecule has 1 aromatic rings. The summed E-state index contributed by atoms with van der Waals surface area (Å²) < 4.78 is 5.30. The molecule has 3 heteroatoms. The molecule has 1 saturated carbocycles. The Kier molecular flexibility index (Phi) is 3.68. The molecule has 1 aromatic carbocycles. The molecule has 0 N–H and O–H groups in total. The largest absolute Gasteiger partial charge is 0.402 e. The van der Waals surface area contributed by atoms with E-state index in [1.54, 1.807) is 0 Å². The molecule has 104 valence electrons. The molecule has 0 spiro atoms. The molecule has 3 nitrogen and oxygen atoms in total. The van der Waals surface area contributed by atoms with E-state index in [1.165, 1.54) is 19.3 Å². The van der Waals surface area contributed by atoms with Gasteiger partial charge in [-0.05, 0) is 43.9 Å². The molecular weight excluding hydrogens is 250 g/mol. The summed E-state index contributed by atoms with van der Waals surface area (Å²) in [7, 11) is 0. The number of allylic oxidation sites excluding steroid dienone is 1. The minimum absolute atomic E-state index is 0.313. The summed E-state index contributed by atoms with van der Waals surface area (Å²) in [5.41, 5.74) is 2.48. The average Bonchev–Trinajstić information content (AvgIpc) is 2.81. The van der Waals surface area contributed by atoms with E-state index in [1.807, 2.05) is 37.3 Å². The van der Waals surface area contributed by atoms with Crippen LogP contribution in [0.2, 0.25) is 0 Å². The molecule has 0 unspecified atom stereocenters. The molecular formula is C17H19NO2. The number of ether oxygens (including phenoxy) is 1. The van der Waals surface area contributed by atoms with Gasteiger partial charge in [0.05, 0.1) is 0 Å². The lowest BCUT2D eigenvalue weighted by molar-refractivity contribution is -0.130. The van der Waals surface area contributed by atoms with E-state index >= 15 is 0 Å². The number of carbonyl (C=O) groups is 1. The highest BCUT2D eigenvalue weighted by atomic mass is 16.6. The number of carbonyl (C=O) groups excluding carboxylic acids is 1. The zero-order chi connectivity index (χ0) is 13.9. The normalized spacial score (nSPS) is 21.9. The fraction of sp³-hybridized carbons (Fsp3) is 0.412. The van der Waals surface area contributed by atoms with Crippen molar-refractivity contribution in [3.05, 3.63) is 47.2 Å². The predicted molar refractivity (Wildman–Crippen MR) is 78.5 cm³/mol. The molecule has 0 atom stereocenters. The summed E-state index contributed by atoms with van der Waals surface area (Å²) in [6.07, 6.45) is 8.13. The van der Waals surface area contributed by atoms with E-state index in [0.29, 0.717) is 17.5 Å². The summed E-state index contributed by atoms with van der Waals surface area (Å²) in [6, 6.07) is 7.86. The van der Waals surface area contributed by atoms with Gasteiger partial charge in [0.1, 0.15) is 5.70 Å². The highest BCUT2D eigenvalue weighted by molar-refractivity contribution is 6.11. The van der Waals surface area contributed by atoms with Gasteiger partial charge in [-0.3, -0.25) is 0 Å². The van der Waals surface area contributed by atoms with Gasteiger partial charge in [-0.1, -0.05) is 37.0 Å². The number of cyclic esters (lactones) is 1. The van der Waals surface area contributed by atoms with Gasteiger partial charge in [0.2, 0.25) is 5.90 Å². The molecule has 0 bridgehead atoms. The molecule has 0 saturated heterocycles. The summed E-state index contributed by atoms with van der Waals surface area (Å²) >= 11 is 0.